The predicted octanol–water partition coefficient (Wildman–Crippen LogP) is 3.48. The van der Waals surface area contributed by atoms with E-state index in [1.807, 2.05) is 25.3 Å². The highest BCUT2D eigenvalue weighted by Crippen LogP contribution is 2.42. The smallest absolute Gasteiger partial charge is 0.310 e. The van der Waals surface area contributed by atoms with Crippen LogP contribution in [0, 0.1) is 5.92 Å². The number of ether oxygens (including phenoxy) is 1. The molecule has 28 heavy (non-hydrogen) atoms. The molecule has 0 spiro atoms. The Morgan fingerprint density at radius 1 is 1.46 bits per heavy atom. The fourth-order valence-corrected chi connectivity index (χ4v) is 5.80. The molecular formula is C19H24N4O3S2. The van der Waals surface area contributed by atoms with Crippen LogP contribution >= 0.6 is 22.7 Å². The molecule has 7 nitrogen and oxygen atoms in total. The number of hydrogen-bond donors (Lipinski definition) is 1. The standard InChI is InChI=1S/C19H24N4O3S2/c1-3-14-20-19-23(21-14)17(24)16(28-19)15(13-8-6-10-27-13)22-9-5-7-12(11-22)18(25)26-4-2/h6,8,10,12,15,24H,3-5,7,9,11H2,1-2H3/t12-,15-/m1/s1. The Balaban J connectivity index is 1.70. The molecule has 0 saturated carbocycles. The number of aryl methyl sites for hydroxylation is 1. The van der Waals surface area contributed by atoms with Crippen LogP contribution in [0.15, 0.2) is 17.5 Å². The van der Waals surface area contributed by atoms with E-state index in [9.17, 15) is 9.90 Å². The number of hydrogen-bond acceptors (Lipinski definition) is 8. The van der Waals surface area contributed by atoms with E-state index in [0.717, 1.165) is 41.4 Å². The second-order valence-corrected chi connectivity index (χ2v) is 8.86. The molecule has 4 heterocycles. The maximum absolute atomic E-state index is 12.3. The summed E-state index contributed by atoms with van der Waals surface area (Å²) in [4.78, 5) is 21.8. The van der Waals surface area contributed by atoms with E-state index in [0.29, 0.717) is 18.1 Å². The number of likely N-dealkylation sites (tertiary alicyclic amines) is 1. The average molecular weight is 421 g/mol. The Kier molecular flexibility index (Phi) is 5.65. The molecule has 3 aromatic heterocycles. The van der Waals surface area contributed by atoms with Crippen LogP contribution < -0.4 is 0 Å². The fourth-order valence-electron chi connectivity index (χ4n) is 3.73. The first-order valence-electron chi connectivity index (χ1n) is 9.63. The largest absolute Gasteiger partial charge is 0.492 e. The lowest BCUT2D eigenvalue weighted by molar-refractivity contribution is -0.150. The summed E-state index contributed by atoms with van der Waals surface area (Å²) in [6.07, 6.45) is 2.49. The van der Waals surface area contributed by atoms with Gasteiger partial charge in [0.15, 0.2) is 5.82 Å². The molecule has 1 fully saturated rings. The molecule has 0 amide bonds. The van der Waals surface area contributed by atoms with Crippen LogP contribution in [-0.4, -0.2) is 50.3 Å². The predicted molar refractivity (Wildman–Crippen MR) is 109 cm³/mol. The molecular weight excluding hydrogens is 396 g/mol. The third kappa shape index (κ3) is 3.54. The number of piperidine rings is 1. The second-order valence-electron chi connectivity index (χ2n) is 6.87. The molecule has 4 rings (SSSR count). The summed E-state index contributed by atoms with van der Waals surface area (Å²) in [7, 11) is 0. The monoisotopic (exact) mass is 420 g/mol. The van der Waals surface area contributed by atoms with Gasteiger partial charge in [-0.05, 0) is 37.8 Å². The van der Waals surface area contributed by atoms with Gasteiger partial charge in [0.1, 0.15) is 0 Å². The Morgan fingerprint density at radius 3 is 3.00 bits per heavy atom. The van der Waals surface area contributed by atoms with Crippen LogP contribution in [0.2, 0.25) is 0 Å². The van der Waals surface area contributed by atoms with Crippen molar-refractivity contribution < 1.29 is 14.6 Å². The highest BCUT2D eigenvalue weighted by molar-refractivity contribution is 7.17. The summed E-state index contributed by atoms with van der Waals surface area (Å²) in [6, 6.07) is 3.98. The van der Waals surface area contributed by atoms with Crippen molar-refractivity contribution in [2.24, 2.45) is 5.92 Å². The zero-order valence-corrected chi connectivity index (χ0v) is 17.6. The molecule has 0 radical (unpaired) electrons. The van der Waals surface area contributed by atoms with E-state index in [-0.39, 0.29) is 23.8 Å². The van der Waals surface area contributed by atoms with Crippen LogP contribution in [0.3, 0.4) is 0 Å². The summed E-state index contributed by atoms with van der Waals surface area (Å²) in [6.45, 7) is 5.72. The minimum absolute atomic E-state index is 0.115. The average Bonchev–Trinajstić information content (AvgIpc) is 3.42. The molecule has 0 bridgehead atoms. The summed E-state index contributed by atoms with van der Waals surface area (Å²) >= 11 is 3.12. The first-order chi connectivity index (χ1) is 13.6. The van der Waals surface area contributed by atoms with Gasteiger partial charge in [0.25, 0.3) is 0 Å². The molecule has 9 heteroatoms. The van der Waals surface area contributed by atoms with Gasteiger partial charge in [-0.2, -0.15) is 4.52 Å². The number of esters is 1. The van der Waals surface area contributed by atoms with Gasteiger partial charge in [-0.25, -0.2) is 4.98 Å². The topological polar surface area (TPSA) is 80.0 Å². The SMILES string of the molecule is CCOC(=O)[C@@H]1CCCN([C@H](c2cccs2)c2sc3nc(CC)nn3c2O)C1. The summed E-state index contributed by atoms with van der Waals surface area (Å²) in [5.41, 5.74) is 0. The number of aromatic nitrogens is 3. The third-order valence-electron chi connectivity index (χ3n) is 5.06. The van der Waals surface area contributed by atoms with Crippen molar-refractivity contribution in [3.8, 4) is 5.88 Å². The summed E-state index contributed by atoms with van der Waals surface area (Å²) < 4.78 is 6.79. The molecule has 3 aromatic rings. The normalized spacial score (nSPS) is 19.1. The number of thiophene rings is 1. The van der Waals surface area contributed by atoms with Gasteiger partial charge in [-0.15, -0.1) is 16.4 Å². The van der Waals surface area contributed by atoms with Gasteiger partial charge < -0.3 is 9.84 Å². The van der Waals surface area contributed by atoms with Crippen molar-refractivity contribution in [1.29, 1.82) is 0 Å². The van der Waals surface area contributed by atoms with Crippen molar-refractivity contribution in [2.75, 3.05) is 19.7 Å². The van der Waals surface area contributed by atoms with Crippen molar-refractivity contribution >= 4 is 33.6 Å². The van der Waals surface area contributed by atoms with Crippen LogP contribution in [-0.2, 0) is 16.0 Å². The molecule has 1 N–H and O–H groups in total. The minimum Gasteiger partial charge on any atom is -0.492 e. The van der Waals surface area contributed by atoms with Crippen molar-refractivity contribution in [3.05, 3.63) is 33.1 Å². The van der Waals surface area contributed by atoms with Crippen LogP contribution in [0.1, 0.15) is 48.3 Å². The molecule has 1 saturated heterocycles. The Bertz CT molecular complexity index is 950. The number of carbonyl (C=O) groups is 1. The molecule has 0 aliphatic carbocycles. The van der Waals surface area contributed by atoms with Crippen LogP contribution in [0.5, 0.6) is 5.88 Å². The van der Waals surface area contributed by atoms with Crippen molar-refractivity contribution in [1.82, 2.24) is 19.5 Å². The maximum atomic E-state index is 12.3. The summed E-state index contributed by atoms with van der Waals surface area (Å²) in [5.74, 6) is 0.605. The van der Waals surface area contributed by atoms with Crippen molar-refractivity contribution in [3.63, 3.8) is 0 Å². The van der Waals surface area contributed by atoms with E-state index in [4.69, 9.17) is 4.74 Å². The maximum Gasteiger partial charge on any atom is 0.310 e. The van der Waals surface area contributed by atoms with E-state index < -0.39 is 0 Å². The molecule has 2 atom stereocenters. The van der Waals surface area contributed by atoms with E-state index in [1.54, 1.807) is 11.3 Å². The number of nitrogens with zero attached hydrogens (tertiary/aromatic N) is 4. The van der Waals surface area contributed by atoms with E-state index >= 15 is 0 Å². The molecule has 150 valence electrons. The lowest BCUT2D eigenvalue weighted by Crippen LogP contribution is -2.41. The number of aromatic hydroxyl groups is 1. The van der Waals surface area contributed by atoms with Crippen LogP contribution in [0.25, 0.3) is 4.96 Å². The lowest BCUT2D eigenvalue weighted by atomic mass is 9.96. The van der Waals surface area contributed by atoms with Gasteiger partial charge in [-0.1, -0.05) is 24.3 Å². The lowest BCUT2D eigenvalue weighted by Gasteiger charge is -2.36. The minimum atomic E-state index is -0.132. The quantitative estimate of drug-likeness (QED) is 0.615. The number of thiazole rings is 1. The van der Waals surface area contributed by atoms with Gasteiger partial charge in [0.05, 0.1) is 23.4 Å². The second kappa shape index (κ2) is 8.18. The Morgan fingerprint density at radius 2 is 2.32 bits per heavy atom. The Labute approximate surface area is 171 Å². The molecule has 0 unspecified atom stereocenters. The van der Waals surface area contributed by atoms with Crippen LogP contribution in [0.4, 0.5) is 0 Å². The van der Waals surface area contributed by atoms with Gasteiger partial charge >= 0.3 is 5.97 Å². The molecule has 1 aliphatic rings. The molecule has 1 aliphatic heterocycles. The van der Waals surface area contributed by atoms with Crippen molar-refractivity contribution in [2.45, 2.75) is 39.2 Å². The van der Waals surface area contributed by atoms with Gasteiger partial charge in [0.2, 0.25) is 10.8 Å². The third-order valence-corrected chi connectivity index (χ3v) is 7.06. The zero-order chi connectivity index (χ0) is 19.7. The number of fused-ring (bicyclic) bond motifs is 1. The number of rotatable bonds is 6. The van der Waals surface area contributed by atoms with E-state index in [2.05, 4.69) is 21.0 Å². The Hall–Kier alpha value is -1.97. The highest BCUT2D eigenvalue weighted by atomic mass is 32.1. The fraction of sp³-hybridized carbons (Fsp3) is 0.526. The number of carbonyl (C=O) groups excluding carboxylic acids is 1. The first-order valence-corrected chi connectivity index (χ1v) is 11.3. The van der Waals surface area contributed by atoms with E-state index in [1.165, 1.54) is 15.9 Å². The summed E-state index contributed by atoms with van der Waals surface area (Å²) in [5, 5.41) is 17.4. The zero-order valence-electron chi connectivity index (χ0n) is 16.0. The first kappa shape index (κ1) is 19.4. The van der Waals surface area contributed by atoms with Gasteiger partial charge in [-0.3, -0.25) is 9.69 Å². The van der Waals surface area contributed by atoms with Gasteiger partial charge in [0, 0.05) is 17.8 Å². The molecule has 0 aromatic carbocycles. The highest BCUT2D eigenvalue weighted by Gasteiger charge is 2.35.